The Labute approximate surface area is 129 Å². The van der Waals surface area contributed by atoms with Crippen molar-refractivity contribution >= 4 is 0 Å². The van der Waals surface area contributed by atoms with Crippen molar-refractivity contribution in [3.8, 4) is 0 Å². The fourth-order valence-corrected chi connectivity index (χ4v) is 2.77. The monoisotopic (exact) mass is 291 g/mol. The van der Waals surface area contributed by atoms with E-state index in [0.717, 1.165) is 45.9 Å². The van der Waals surface area contributed by atoms with Crippen LogP contribution in [-0.4, -0.2) is 43.9 Å². The van der Waals surface area contributed by atoms with Crippen LogP contribution in [0.5, 0.6) is 0 Å². The Kier molecular flexibility index (Phi) is 7.79. The van der Waals surface area contributed by atoms with Gasteiger partial charge in [0.05, 0.1) is 12.7 Å². The second kappa shape index (κ2) is 9.93. The molecule has 0 N–H and O–H groups in total. The molecule has 1 atom stereocenters. The van der Waals surface area contributed by atoms with E-state index in [4.69, 9.17) is 9.47 Å². The van der Waals surface area contributed by atoms with Gasteiger partial charge in [0.15, 0.2) is 0 Å². The SMILES string of the molecule is CCN(CCCOCc1ccccc1)CC1CCCCO1. The maximum absolute atomic E-state index is 5.82. The highest BCUT2D eigenvalue weighted by Crippen LogP contribution is 2.14. The van der Waals surface area contributed by atoms with Crippen LogP contribution in [0.3, 0.4) is 0 Å². The standard InChI is InChI=1S/C18H29NO2/c1-2-19(15-18-11-6-7-14-21-18)12-8-13-20-16-17-9-4-3-5-10-17/h3-5,9-10,18H,2,6-8,11-16H2,1H3. The third kappa shape index (κ3) is 6.60. The molecule has 0 aliphatic carbocycles. The van der Waals surface area contributed by atoms with Crippen molar-refractivity contribution in [2.45, 2.75) is 45.3 Å². The van der Waals surface area contributed by atoms with Crippen molar-refractivity contribution in [3.63, 3.8) is 0 Å². The average molecular weight is 291 g/mol. The quantitative estimate of drug-likeness (QED) is 0.650. The van der Waals surface area contributed by atoms with E-state index in [1.165, 1.54) is 24.8 Å². The molecule has 1 aromatic carbocycles. The summed E-state index contributed by atoms with van der Waals surface area (Å²) >= 11 is 0. The summed E-state index contributed by atoms with van der Waals surface area (Å²) in [4.78, 5) is 2.49. The first-order valence-corrected chi connectivity index (χ1v) is 8.34. The highest BCUT2D eigenvalue weighted by molar-refractivity contribution is 5.13. The number of hydrogen-bond donors (Lipinski definition) is 0. The number of benzene rings is 1. The largest absolute Gasteiger partial charge is 0.377 e. The average Bonchev–Trinajstić information content (AvgIpc) is 2.55. The summed E-state index contributed by atoms with van der Waals surface area (Å²) < 4.78 is 11.6. The molecule has 3 nitrogen and oxygen atoms in total. The second-order valence-corrected chi connectivity index (χ2v) is 5.77. The van der Waals surface area contributed by atoms with Gasteiger partial charge in [0, 0.05) is 26.3 Å². The summed E-state index contributed by atoms with van der Waals surface area (Å²) in [5.74, 6) is 0. The van der Waals surface area contributed by atoms with Crippen molar-refractivity contribution in [2.24, 2.45) is 0 Å². The van der Waals surface area contributed by atoms with Gasteiger partial charge in [-0.05, 0) is 37.8 Å². The van der Waals surface area contributed by atoms with Crippen LogP contribution in [0.25, 0.3) is 0 Å². The van der Waals surface area contributed by atoms with Crippen molar-refractivity contribution in [1.29, 1.82) is 0 Å². The number of likely N-dealkylation sites (N-methyl/N-ethyl adjacent to an activating group) is 1. The molecule has 0 amide bonds. The van der Waals surface area contributed by atoms with Gasteiger partial charge in [-0.1, -0.05) is 37.3 Å². The van der Waals surface area contributed by atoms with Crippen LogP contribution in [-0.2, 0) is 16.1 Å². The number of nitrogens with zero attached hydrogens (tertiary/aromatic N) is 1. The van der Waals surface area contributed by atoms with Gasteiger partial charge in [0.2, 0.25) is 0 Å². The van der Waals surface area contributed by atoms with E-state index < -0.39 is 0 Å². The molecular formula is C18H29NO2. The van der Waals surface area contributed by atoms with Gasteiger partial charge in [-0.2, -0.15) is 0 Å². The summed E-state index contributed by atoms with van der Waals surface area (Å²) in [5, 5.41) is 0. The van der Waals surface area contributed by atoms with Crippen LogP contribution in [0, 0.1) is 0 Å². The summed E-state index contributed by atoms with van der Waals surface area (Å²) in [7, 11) is 0. The third-order valence-corrected chi connectivity index (χ3v) is 4.06. The fourth-order valence-electron chi connectivity index (χ4n) is 2.77. The fraction of sp³-hybridized carbons (Fsp3) is 0.667. The second-order valence-electron chi connectivity index (χ2n) is 5.77. The van der Waals surface area contributed by atoms with Crippen molar-refractivity contribution < 1.29 is 9.47 Å². The normalized spacial score (nSPS) is 19.0. The zero-order chi connectivity index (χ0) is 14.8. The molecule has 1 heterocycles. The Morgan fingerprint density at radius 3 is 2.81 bits per heavy atom. The van der Waals surface area contributed by atoms with Gasteiger partial charge in [0.1, 0.15) is 0 Å². The maximum Gasteiger partial charge on any atom is 0.0716 e. The molecule has 0 saturated carbocycles. The first kappa shape index (κ1) is 16.5. The van der Waals surface area contributed by atoms with Crippen LogP contribution < -0.4 is 0 Å². The van der Waals surface area contributed by atoms with Gasteiger partial charge in [-0.25, -0.2) is 0 Å². The predicted molar refractivity (Wildman–Crippen MR) is 86.4 cm³/mol. The molecule has 2 rings (SSSR count). The topological polar surface area (TPSA) is 21.7 Å². The molecule has 1 fully saturated rings. The van der Waals surface area contributed by atoms with Crippen LogP contribution in [0.4, 0.5) is 0 Å². The van der Waals surface area contributed by atoms with E-state index in [1.807, 2.05) is 6.07 Å². The first-order chi connectivity index (χ1) is 10.4. The molecule has 0 radical (unpaired) electrons. The Bertz CT molecular complexity index is 363. The molecule has 1 aliphatic heterocycles. The van der Waals surface area contributed by atoms with Crippen LogP contribution in [0.15, 0.2) is 30.3 Å². The molecular weight excluding hydrogens is 262 g/mol. The maximum atomic E-state index is 5.82. The molecule has 3 heteroatoms. The van der Waals surface area contributed by atoms with Crippen molar-refractivity contribution in [2.75, 3.05) is 32.8 Å². The highest BCUT2D eigenvalue weighted by Gasteiger charge is 2.16. The molecule has 21 heavy (non-hydrogen) atoms. The van der Waals surface area contributed by atoms with E-state index >= 15 is 0 Å². The Hall–Kier alpha value is -0.900. The zero-order valence-corrected chi connectivity index (χ0v) is 13.3. The van der Waals surface area contributed by atoms with Crippen molar-refractivity contribution in [3.05, 3.63) is 35.9 Å². The third-order valence-electron chi connectivity index (χ3n) is 4.06. The summed E-state index contributed by atoms with van der Waals surface area (Å²) in [6.07, 6.45) is 5.32. The van der Waals surface area contributed by atoms with Gasteiger partial charge in [-0.3, -0.25) is 0 Å². The lowest BCUT2D eigenvalue weighted by Gasteiger charge is -2.29. The number of hydrogen-bond acceptors (Lipinski definition) is 3. The number of rotatable bonds is 9. The van der Waals surface area contributed by atoms with E-state index in [0.29, 0.717) is 6.10 Å². The molecule has 1 saturated heterocycles. The summed E-state index contributed by atoms with van der Waals surface area (Å²) in [6, 6.07) is 10.4. The van der Waals surface area contributed by atoms with E-state index in [9.17, 15) is 0 Å². The van der Waals surface area contributed by atoms with E-state index in [-0.39, 0.29) is 0 Å². The van der Waals surface area contributed by atoms with Gasteiger partial charge >= 0.3 is 0 Å². The minimum absolute atomic E-state index is 0.448. The van der Waals surface area contributed by atoms with Gasteiger partial charge in [-0.15, -0.1) is 0 Å². The predicted octanol–water partition coefficient (Wildman–Crippen LogP) is 3.48. The molecule has 0 bridgehead atoms. The number of ether oxygens (including phenoxy) is 2. The lowest BCUT2D eigenvalue weighted by Crippen LogP contribution is -2.36. The minimum Gasteiger partial charge on any atom is -0.377 e. The molecule has 1 aromatic rings. The van der Waals surface area contributed by atoms with Crippen LogP contribution >= 0.6 is 0 Å². The lowest BCUT2D eigenvalue weighted by molar-refractivity contribution is -0.00645. The molecule has 118 valence electrons. The Balaban J connectivity index is 1.55. The highest BCUT2D eigenvalue weighted by atomic mass is 16.5. The Morgan fingerprint density at radius 2 is 2.10 bits per heavy atom. The molecule has 1 aliphatic rings. The summed E-state index contributed by atoms with van der Waals surface area (Å²) in [5.41, 5.74) is 1.25. The van der Waals surface area contributed by atoms with Gasteiger partial charge < -0.3 is 14.4 Å². The molecule has 0 spiro atoms. The minimum atomic E-state index is 0.448. The Morgan fingerprint density at radius 1 is 1.24 bits per heavy atom. The van der Waals surface area contributed by atoms with E-state index in [2.05, 4.69) is 36.1 Å². The smallest absolute Gasteiger partial charge is 0.0716 e. The zero-order valence-electron chi connectivity index (χ0n) is 13.3. The van der Waals surface area contributed by atoms with Gasteiger partial charge in [0.25, 0.3) is 0 Å². The first-order valence-electron chi connectivity index (χ1n) is 8.34. The molecule has 1 unspecified atom stereocenters. The van der Waals surface area contributed by atoms with E-state index in [1.54, 1.807) is 0 Å². The van der Waals surface area contributed by atoms with Crippen molar-refractivity contribution in [1.82, 2.24) is 4.90 Å². The molecule has 0 aromatic heterocycles. The summed E-state index contributed by atoms with van der Waals surface area (Å²) in [6.45, 7) is 8.00. The van der Waals surface area contributed by atoms with Crippen LogP contribution in [0.2, 0.25) is 0 Å². The van der Waals surface area contributed by atoms with Crippen LogP contribution in [0.1, 0.15) is 38.2 Å². The lowest BCUT2D eigenvalue weighted by atomic mass is 10.1.